The number of carbonyl (C=O) groups is 2. The predicted octanol–water partition coefficient (Wildman–Crippen LogP) is 1.86. The minimum absolute atomic E-state index is 0.0625. The van der Waals surface area contributed by atoms with E-state index in [-0.39, 0.29) is 24.1 Å². The fourth-order valence-corrected chi connectivity index (χ4v) is 3.20. The summed E-state index contributed by atoms with van der Waals surface area (Å²) in [5, 5.41) is 0. The van der Waals surface area contributed by atoms with E-state index in [0.29, 0.717) is 24.8 Å². The number of nitrogens with zero attached hydrogens (tertiary/aromatic N) is 5. The van der Waals surface area contributed by atoms with E-state index in [1.54, 1.807) is 37.5 Å². The second kappa shape index (κ2) is 7.75. The van der Waals surface area contributed by atoms with Crippen molar-refractivity contribution in [2.45, 2.75) is 0 Å². The van der Waals surface area contributed by atoms with Gasteiger partial charge < -0.3 is 14.5 Å². The molecule has 1 aliphatic heterocycles. The van der Waals surface area contributed by atoms with E-state index >= 15 is 0 Å². The van der Waals surface area contributed by atoms with Crippen LogP contribution in [0.1, 0.15) is 10.5 Å². The second-order valence-corrected chi connectivity index (χ2v) is 6.79. The molecule has 0 radical (unpaired) electrons. The molecule has 0 aliphatic carbocycles. The van der Waals surface area contributed by atoms with E-state index in [1.807, 2.05) is 41.0 Å². The van der Waals surface area contributed by atoms with E-state index < -0.39 is 0 Å². The van der Waals surface area contributed by atoms with Crippen LogP contribution in [-0.2, 0) is 4.79 Å². The Kier molecular flexibility index (Phi) is 4.99. The molecule has 0 saturated carbocycles. The Bertz CT molecular complexity index is 1030. The molecule has 1 aromatic carbocycles. The summed E-state index contributed by atoms with van der Waals surface area (Å²) >= 11 is 0. The van der Waals surface area contributed by atoms with Gasteiger partial charge in [0.15, 0.2) is 0 Å². The number of hydrogen-bond acceptors (Lipinski definition) is 5. The van der Waals surface area contributed by atoms with Crippen LogP contribution in [-0.4, -0.2) is 69.9 Å². The first kappa shape index (κ1) is 18.7. The van der Waals surface area contributed by atoms with Gasteiger partial charge in [-0.3, -0.25) is 14.2 Å². The average Bonchev–Trinajstić information content (AvgIpc) is 3.21. The maximum Gasteiger partial charge on any atom is 0.274 e. The topological polar surface area (TPSA) is 80.6 Å². The van der Waals surface area contributed by atoms with E-state index in [0.717, 1.165) is 11.3 Å². The summed E-state index contributed by atoms with van der Waals surface area (Å²) in [4.78, 5) is 37.0. The maximum atomic E-state index is 13.0. The SMILES string of the molecule is COc1ccc(-c2nc(C(=O)N3CCN(C)C(=O)C3)cn2-c2ccccc2)cn1. The molecule has 8 nitrogen and oxygen atoms in total. The first-order chi connectivity index (χ1) is 14.1. The van der Waals surface area contributed by atoms with Gasteiger partial charge in [-0.05, 0) is 18.2 Å². The zero-order chi connectivity index (χ0) is 20.4. The first-order valence-electron chi connectivity index (χ1n) is 9.25. The molecule has 0 unspecified atom stereocenters. The van der Waals surface area contributed by atoms with Crippen LogP contribution in [0.2, 0.25) is 0 Å². The zero-order valence-corrected chi connectivity index (χ0v) is 16.3. The lowest BCUT2D eigenvalue weighted by atomic mass is 10.2. The van der Waals surface area contributed by atoms with Crippen LogP contribution in [0.3, 0.4) is 0 Å². The van der Waals surface area contributed by atoms with E-state index in [2.05, 4.69) is 9.97 Å². The van der Waals surface area contributed by atoms with Crippen LogP contribution < -0.4 is 4.74 Å². The van der Waals surface area contributed by atoms with Gasteiger partial charge in [0.2, 0.25) is 11.8 Å². The lowest BCUT2D eigenvalue weighted by Gasteiger charge is -2.31. The predicted molar refractivity (Wildman–Crippen MR) is 107 cm³/mol. The Labute approximate surface area is 168 Å². The number of hydrogen-bond donors (Lipinski definition) is 0. The summed E-state index contributed by atoms with van der Waals surface area (Å²) in [6, 6.07) is 13.3. The molecule has 29 heavy (non-hydrogen) atoms. The number of methoxy groups -OCH3 is 1. The van der Waals surface area contributed by atoms with Crippen molar-refractivity contribution in [2.75, 3.05) is 33.8 Å². The highest BCUT2D eigenvalue weighted by Gasteiger charge is 2.28. The summed E-state index contributed by atoms with van der Waals surface area (Å²) in [7, 11) is 3.30. The van der Waals surface area contributed by atoms with Gasteiger partial charge in [-0.25, -0.2) is 9.97 Å². The molecule has 1 saturated heterocycles. The number of ether oxygens (including phenoxy) is 1. The van der Waals surface area contributed by atoms with Crippen molar-refractivity contribution in [2.24, 2.45) is 0 Å². The molecule has 8 heteroatoms. The van der Waals surface area contributed by atoms with Gasteiger partial charge in [-0.2, -0.15) is 0 Å². The molecule has 0 bridgehead atoms. The van der Waals surface area contributed by atoms with Crippen molar-refractivity contribution < 1.29 is 14.3 Å². The Morgan fingerprint density at radius 2 is 1.90 bits per heavy atom. The van der Waals surface area contributed by atoms with Gasteiger partial charge in [-0.1, -0.05) is 18.2 Å². The van der Waals surface area contributed by atoms with Crippen LogP contribution in [0.4, 0.5) is 0 Å². The number of benzene rings is 1. The molecular weight excluding hydrogens is 370 g/mol. The number of pyridine rings is 1. The van der Waals surface area contributed by atoms with Gasteiger partial charge in [0.1, 0.15) is 18.1 Å². The molecule has 3 aromatic rings. The highest BCUT2D eigenvalue weighted by atomic mass is 16.5. The normalized spacial score (nSPS) is 14.2. The van der Waals surface area contributed by atoms with Crippen molar-refractivity contribution in [1.82, 2.24) is 24.3 Å². The first-order valence-corrected chi connectivity index (χ1v) is 9.25. The fourth-order valence-electron chi connectivity index (χ4n) is 3.20. The minimum Gasteiger partial charge on any atom is -0.481 e. The Morgan fingerprint density at radius 1 is 1.10 bits per heavy atom. The van der Waals surface area contributed by atoms with Gasteiger partial charge in [0, 0.05) is 49.8 Å². The Morgan fingerprint density at radius 3 is 2.55 bits per heavy atom. The lowest BCUT2D eigenvalue weighted by Crippen LogP contribution is -2.50. The van der Waals surface area contributed by atoms with Crippen molar-refractivity contribution in [1.29, 1.82) is 0 Å². The van der Waals surface area contributed by atoms with Gasteiger partial charge in [0.05, 0.1) is 7.11 Å². The van der Waals surface area contributed by atoms with Crippen molar-refractivity contribution >= 4 is 11.8 Å². The number of amides is 2. The van der Waals surface area contributed by atoms with E-state index in [4.69, 9.17) is 4.74 Å². The molecule has 1 aliphatic rings. The number of likely N-dealkylation sites (N-methyl/N-ethyl adjacent to an activating group) is 1. The third-order valence-corrected chi connectivity index (χ3v) is 4.91. The number of para-hydroxylation sites is 1. The number of piperazine rings is 1. The molecule has 2 aromatic heterocycles. The van der Waals surface area contributed by atoms with Crippen molar-refractivity contribution in [3.05, 3.63) is 60.6 Å². The zero-order valence-electron chi connectivity index (χ0n) is 16.3. The molecule has 0 atom stereocenters. The quantitative estimate of drug-likeness (QED) is 0.678. The summed E-state index contributed by atoms with van der Waals surface area (Å²) in [5.41, 5.74) is 1.92. The monoisotopic (exact) mass is 391 g/mol. The van der Waals surface area contributed by atoms with Crippen molar-refractivity contribution in [3.63, 3.8) is 0 Å². The molecular formula is C21H21N5O3. The molecule has 4 rings (SSSR count). The summed E-state index contributed by atoms with van der Waals surface area (Å²) < 4.78 is 6.98. The standard InChI is InChI=1S/C21H21N5O3/c1-24-10-11-25(14-19(24)27)21(28)17-13-26(16-6-4-3-5-7-16)20(23-17)15-8-9-18(29-2)22-12-15/h3-9,12-13H,10-11,14H2,1-2H3. The van der Waals surface area contributed by atoms with Crippen LogP contribution in [0.15, 0.2) is 54.9 Å². The summed E-state index contributed by atoms with van der Waals surface area (Å²) in [6.45, 7) is 1.06. The number of rotatable bonds is 4. The molecule has 148 valence electrons. The van der Waals surface area contributed by atoms with E-state index in [1.165, 1.54) is 4.90 Å². The van der Waals surface area contributed by atoms with Crippen LogP contribution in [0, 0.1) is 0 Å². The second-order valence-electron chi connectivity index (χ2n) is 6.79. The van der Waals surface area contributed by atoms with Crippen LogP contribution in [0.5, 0.6) is 5.88 Å². The molecule has 1 fully saturated rings. The van der Waals surface area contributed by atoms with E-state index in [9.17, 15) is 9.59 Å². The Balaban J connectivity index is 1.73. The smallest absolute Gasteiger partial charge is 0.274 e. The van der Waals surface area contributed by atoms with Crippen molar-refractivity contribution in [3.8, 4) is 23.0 Å². The van der Waals surface area contributed by atoms with Crippen LogP contribution >= 0.6 is 0 Å². The molecule has 3 heterocycles. The maximum absolute atomic E-state index is 13.0. The highest BCUT2D eigenvalue weighted by Crippen LogP contribution is 2.24. The minimum atomic E-state index is -0.260. The number of imidazole rings is 1. The third kappa shape index (κ3) is 3.69. The average molecular weight is 391 g/mol. The number of aromatic nitrogens is 3. The van der Waals surface area contributed by atoms with Crippen LogP contribution in [0.25, 0.3) is 17.1 Å². The summed E-state index contributed by atoms with van der Waals surface area (Å²) in [6.07, 6.45) is 3.37. The largest absolute Gasteiger partial charge is 0.481 e. The fraction of sp³-hybridized carbons (Fsp3) is 0.238. The van der Waals surface area contributed by atoms with Gasteiger partial charge in [0.25, 0.3) is 5.91 Å². The molecule has 0 N–H and O–H groups in total. The summed E-state index contributed by atoms with van der Waals surface area (Å²) in [5.74, 6) is 0.754. The lowest BCUT2D eigenvalue weighted by molar-refractivity contribution is -0.133. The number of carbonyl (C=O) groups excluding carboxylic acids is 2. The highest BCUT2D eigenvalue weighted by molar-refractivity contribution is 5.96. The Hall–Kier alpha value is -3.68. The van der Waals surface area contributed by atoms with Gasteiger partial charge in [-0.15, -0.1) is 0 Å². The third-order valence-electron chi connectivity index (χ3n) is 4.91. The molecule has 2 amide bonds. The molecule has 0 spiro atoms. The van der Waals surface area contributed by atoms with Gasteiger partial charge >= 0.3 is 0 Å².